The van der Waals surface area contributed by atoms with Gasteiger partial charge in [-0.3, -0.25) is 0 Å². The molecule has 0 fully saturated rings. The number of carbonyl (C=O) groups is 2. The van der Waals surface area contributed by atoms with Crippen molar-refractivity contribution in [2.45, 2.75) is 26.4 Å². The van der Waals surface area contributed by atoms with Gasteiger partial charge in [0.15, 0.2) is 0 Å². The van der Waals surface area contributed by atoms with Crippen LogP contribution in [0.4, 0.5) is 0 Å². The Morgan fingerprint density at radius 1 is 0.429 bits per heavy atom. The van der Waals surface area contributed by atoms with Crippen molar-refractivity contribution in [2.75, 3.05) is 0 Å². The van der Waals surface area contributed by atoms with E-state index in [1.165, 1.54) is 12.1 Å². The van der Waals surface area contributed by atoms with Crippen LogP contribution < -0.4 is 9.47 Å². The summed E-state index contributed by atoms with van der Waals surface area (Å²) in [5.41, 5.74) is 3.77. The molecule has 0 atom stereocenters. The van der Waals surface area contributed by atoms with Crippen LogP contribution in [0.3, 0.4) is 0 Å². The number of carbonyl (C=O) groups excluding carboxylic acids is 2. The molecule has 210 valence electrons. The van der Waals surface area contributed by atoms with Crippen LogP contribution in [0.2, 0.25) is 0 Å². The van der Waals surface area contributed by atoms with Crippen LogP contribution in [0.15, 0.2) is 133 Å². The van der Waals surface area contributed by atoms with Gasteiger partial charge in [0.25, 0.3) is 0 Å². The summed E-state index contributed by atoms with van der Waals surface area (Å²) in [6, 6.07) is 40.9. The summed E-state index contributed by atoms with van der Waals surface area (Å²) in [5.74, 6) is -0.880. The van der Waals surface area contributed by atoms with E-state index in [1.54, 1.807) is 0 Å². The van der Waals surface area contributed by atoms with E-state index in [0.29, 0.717) is 0 Å². The number of benzene rings is 5. The van der Waals surface area contributed by atoms with Gasteiger partial charge in [0.05, 0.1) is 5.56 Å². The quantitative estimate of drug-likeness (QED) is 0.147. The summed E-state index contributed by atoms with van der Waals surface area (Å²) in [6.45, 7) is 0.499. The molecule has 42 heavy (non-hydrogen) atoms. The zero-order valence-electron chi connectivity index (χ0n) is 23.0. The van der Waals surface area contributed by atoms with Gasteiger partial charge in [0.2, 0.25) is 0 Å². The zero-order chi connectivity index (χ0) is 29.0. The Hall–Kier alpha value is -5.36. The van der Waals surface area contributed by atoms with Crippen molar-refractivity contribution in [1.82, 2.24) is 0 Å². The van der Waals surface area contributed by atoms with E-state index in [9.17, 15) is 9.59 Å². The normalized spacial score (nSPS) is 10.5. The molecule has 5 aromatic rings. The second-order valence-electron chi connectivity index (χ2n) is 9.52. The minimum absolute atomic E-state index is 0.0663. The van der Waals surface area contributed by atoms with Crippen LogP contribution in [0.5, 0.6) is 11.5 Å². The first-order chi connectivity index (χ1) is 20.7. The number of esters is 2. The van der Waals surface area contributed by atoms with Crippen molar-refractivity contribution in [3.8, 4) is 11.5 Å². The smallest absolute Gasteiger partial charge is 0.346 e. The molecule has 6 nitrogen and oxygen atoms in total. The Balaban J connectivity index is 1.47. The van der Waals surface area contributed by atoms with Gasteiger partial charge in [0.1, 0.15) is 43.5 Å². The molecule has 0 aromatic heterocycles. The monoisotopic (exact) mass is 558 g/mol. The van der Waals surface area contributed by atoms with Crippen molar-refractivity contribution in [3.05, 3.63) is 167 Å². The summed E-state index contributed by atoms with van der Waals surface area (Å²) < 4.78 is 23.6. The fraction of sp³-hybridized carbons (Fsp3) is 0.111. The molecule has 6 heteroatoms. The highest BCUT2D eigenvalue weighted by Crippen LogP contribution is 2.34. The minimum atomic E-state index is -0.630. The Morgan fingerprint density at radius 2 is 0.762 bits per heavy atom. The van der Waals surface area contributed by atoms with Crippen molar-refractivity contribution in [2.24, 2.45) is 0 Å². The Bertz CT molecular complexity index is 1520. The van der Waals surface area contributed by atoms with E-state index in [4.69, 9.17) is 18.9 Å². The van der Waals surface area contributed by atoms with Crippen LogP contribution >= 0.6 is 0 Å². The van der Waals surface area contributed by atoms with Gasteiger partial charge in [-0.05, 0) is 34.4 Å². The van der Waals surface area contributed by atoms with E-state index in [0.717, 1.165) is 22.3 Å². The van der Waals surface area contributed by atoms with Gasteiger partial charge in [-0.2, -0.15) is 0 Å². The first-order valence-electron chi connectivity index (χ1n) is 13.6. The molecule has 5 rings (SSSR count). The van der Waals surface area contributed by atoms with Gasteiger partial charge >= 0.3 is 11.9 Å². The summed E-state index contributed by atoms with van der Waals surface area (Å²) in [4.78, 5) is 26.8. The number of rotatable bonds is 12. The van der Waals surface area contributed by atoms with Gasteiger partial charge in [-0.15, -0.1) is 0 Å². The highest BCUT2D eigenvalue weighted by atomic mass is 16.5. The SMILES string of the molecule is O=C(OCc1ccccc1)c1cc(OCc2ccccc2)c(C(=O)OCc2ccccc2)c(OCc2ccccc2)c1. The maximum atomic E-state index is 13.6. The zero-order valence-corrected chi connectivity index (χ0v) is 23.0. The van der Waals surface area contributed by atoms with Crippen molar-refractivity contribution in [3.63, 3.8) is 0 Å². The van der Waals surface area contributed by atoms with Crippen molar-refractivity contribution < 1.29 is 28.5 Å². The molecule has 0 aliphatic rings. The average Bonchev–Trinajstić information content (AvgIpc) is 3.05. The molecule has 0 spiro atoms. The van der Waals surface area contributed by atoms with Gasteiger partial charge < -0.3 is 18.9 Å². The summed E-state index contributed by atoms with van der Waals surface area (Å²) in [7, 11) is 0. The first kappa shape index (κ1) is 28.2. The molecule has 0 amide bonds. The predicted octanol–water partition coefficient (Wildman–Crippen LogP) is 7.56. The topological polar surface area (TPSA) is 71.1 Å². The molecule has 0 bridgehead atoms. The van der Waals surface area contributed by atoms with Gasteiger partial charge in [0, 0.05) is 0 Å². The number of hydrogen-bond acceptors (Lipinski definition) is 6. The predicted molar refractivity (Wildman–Crippen MR) is 159 cm³/mol. The first-order valence-corrected chi connectivity index (χ1v) is 13.6. The van der Waals surface area contributed by atoms with E-state index in [-0.39, 0.29) is 49.1 Å². The second kappa shape index (κ2) is 14.3. The van der Waals surface area contributed by atoms with Crippen LogP contribution in [0, 0.1) is 0 Å². The summed E-state index contributed by atoms with van der Waals surface area (Å²) >= 11 is 0. The van der Waals surface area contributed by atoms with E-state index in [2.05, 4.69) is 0 Å². The lowest BCUT2D eigenvalue weighted by Crippen LogP contribution is -2.14. The second-order valence-corrected chi connectivity index (χ2v) is 9.52. The lowest BCUT2D eigenvalue weighted by Gasteiger charge is -2.18. The standard InChI is InChI=1S/C36H30O6/c37-35(41-25-29-17-9-3-10-18-29)31-21-32(39-23-27-13-5-1-6-14-27)34(36(38)42-26-30-19-11-4-12-20-30)33(22-31)40-24-28-15-7-2-8-16-28/h1-22H,23-26H2. The maximum Gasteiger partial charge on any atom is 0.346 e. The van der Waals surface area contributed by atoms with E-state index < -0.39 is 11.9 Å². The molecular weight excluding hydrogens is 528 g/mol. The van der Waals surface area contributed by atoms with Gasteiger partial charge in [-0.1, -0.05) is 121 Å². The number of ether oxygens (including phenoxy) is 4. The fourth-order valence-corrected chi connectivity index (χ4v) is 4.21. The van der Waals surface area contributed by atoms with E-state index in [1.807, 2.05) is 121 Å². The Morgan fingerprint density at radius 3 is 1.14 bits per heavy atom. The number of hydrogen-bond donors (Lipinski definition) is 0. The minimum Gasteiger partial charge on any atom is -0.488 e. The van der Waals surface area contributed by atoms with Crippen LogP contribution in [0.1, 0.15) is 43.0 Å². The molecule has 0 unspecified atom stereocenters. The molecular formula is C36H30O6. The molecule has 0 saturated heterocycles. The Labute approximate surface area is 245 Å². The highest BCUT2D eigenvalue weighted by Gasteiger charge is 2.25. The third-order valence-electron chi connectivity index (χ3n) is 6.41. The average molecular weight is 559 g/mol. The fourth-order valence-electron chi connectivity index (χ4n) is 4.21. The molecule has 0 N–H and O–H groups in total. The summed E-state index contributed by atoms with van der Waals surface area (Å²) in [5, 5.41) is 0. The lowest BCUT2D eigenvalue weighted by atomic mass is 10.1. The molecule has 0 aliphatic heterocycles. The molecule has 0 aliphatic carbocycles. The lowest BCUT2D eigenvalue weighted by molar-refractivity contribution is 0.0448. The molecule has 0 heterocycles. The van der Waals surface area contributed by atoms with Crippen molar-refractivity contribution >= 4 is 11.9 Å². The third kappa shape index (κ3) is 7.86. The van der Waals surface area contributed by atoms with E-state index >= 15 is 0 Å². The van der Waals surface area contributed by atoms with Crippen LogP contribution in [0.25, 0.3) is 0 Å². The van der Waals surface area contributed by atoms with Crippen molar-refractivity contribution in [1.29, 1.82) is 0 Å². The van der Waals surface area contributed by atoms with Crippen LogP contribution in [-0.2, 0) is 35.9 Å². The molecule has 0 saturated carbocycles. The van der Waals surface area contributed by atoms with Crippen LogP contribution in [-0.4, -0.2) is 11.9 Å². The largest absolute Gasteiger partial charge is 0.488 e. The summed E-state index contributed by atoms with van der Waals surface area (Å²) in [6.07, 6.45) is 0. The Kier molecular flexibility index (Phi) is 9.61. The molecule has 0 radical (unpaired) electrons. The maximum absolute atomic E-state index is 13.6. The molecule has 5 aromatic carbocycles. The van der Waals surface area contributed by atoms with Gasteiger partial charge in [-0.25, -0.2) is 9.59 Å². The third-order valence-corrected chi connectivity index (χ3v) is 6.41. The highest BCUT2D eigenvalue weighted by molar-refractivity contribution is 5.99.